The summed E-state index contributed by atoms with van der Waals surface area (Å²) in [6.07, 6.45) is 0.660. The Kier molecular flexibility index (Phi) is 5.33. The first-order chi connectivity index (χ1) is 9.71. The van der Waals surface area contributed by atoms with Gasteiger partial charge in [-0.3, -0.25) is 0 Å². The fourth-order valence-electron chi connectivity index (χ4n) is 2.24. The van der Waals surface area contributed by atoms with Gasteiger partial charge in [-0.25, -0.2) is 0 Å². The number of nitrogens with two attached hydrogens (primary N) is 2. The molecule has 21 heavy (non-hydrogen) atoms. The lowest BCUT2D eigenvalue weighted by atomic mass is 9.95. The van der Waals surface area contributed by atoms with E-state index in [-0.39, 0.29) is 0 Å². The Labute approximate surface area is 154 Å². The molecule has 0 amide bonds. The molecule has 2 aromatic rings. The average molecular weight is 506 g/mol. The molecule has 0 aliphatic carbocycles. The number of halogens is 2. The van der Waals surface area contributed by atoms with Crippen molar-refractivity contribution in [2.45, 2.75) is 27.4 Å². The second kappa shape index (κ2) is 6.52. The third-order valence-electron chi connectivity index (χ3n) is 3.58. The van der Waals surface area contributed by atoms with Gasteiger partial charge in [-0.05, 0) is 25.0 Å². The van der Waals surface area contributed by atoms with E-state index in [9.17, 15) is 0 Å². The van der Waals surface area contributed by atoms with E-state index in [2.05, 4.69) is 108 Å². The molecule has 0 saturated heterocycles. The lowest BCUT2D eigenvalue weighted by Gasteiger charge is -2.33. The van der Waals surface area contributed by atoms with E-state index in [0.717, 1.165) is 11.1 Å². The Morgan fingerprint density at radius 1 is 0.714 bits per heavy atom. The molecule has 2 aromatic carbocycles. The molecule has 0 aromatic heterocycles. The third-order valence-corrected chi connectivity index (χ3v) is 5.59. The number of aryl methyl sites for hydroxylation is 2. The molecular weight excluding hydrogens is 486 g/mol. The number of alkyl halides is 2. The lowest BCUT2D eigenvalue weighted by Crippen LogP contribution is -2.41. The van der Waals surface area contributed by atoms with Gasteiger partial charge in [-0.2, -0.15) is 0 Å². The van der Waals surface area contributed by atoms with Gasteiger partial charge in [0.15, 0.2) is 0 Å². The molecule has 112 valence electrons. The monoisotopic (exact) mass is 506 g/mol. The van der Waals surface area contributed by atoms with Gasteiger partial charge in [0, 0.05) is 6.42 Å². The third kappa shape index (κ3) is 4.40. The number of rotatable bonds is 4. The van der Waals surface area contributed by atoms with E-state index < -0.39 is 7.09 Å². The molecule has 0 spiro atoms. The predicted octanol–water partition coefficient (Wildman–Crippen LogP) is 4.49. The molecule has 0 aliphatic rings. The van der Waals surface area contributed by atoms with Crippen molar-refractivity contribution in [3.63, 3.8) is 0 Å². The zero-order chi connectivity index (χ0) is 15.7. The summed E-state index contributed by atoms with van der Waals surface area (Å²) >= 11 is 4.61. The summed E-state index contributed by atoms with van der Waals surface area (Å²) in [5.74, 6) is 0. The van der Waals surface area contributed by atoms with Gasteiger partial charge in [0.1, 0.15) is 0 Å². The zero-order valence-electron chi connectivity index (χ0n) is 12.2. The van der Waals surface area contributed by atoms with Crippen LogP contribution in [0.2, 0.25) is 0 Å². The van der Waals surface area contributed by atoms with Gasteiger partial charge in [-0.15, -0.1) is 0 Å². The van der Waals surface area contributed by atoms with Crippen LogP contribution in [0.3, 0.4) is 0 Å². The highest BCUT2D eigenvalue weighted by Gasteiger charge is 2.35. The van der Waals surface area contributed by atoms with E-state index in [1.165, 1.54) is 11.1 Å². The summed E-state index contributed by atoms with van der Waals surface area (Å²) in [6, 6.07) is 16.7. The largest absolute Gasteiger partial charge is 0.313 e. The quantitative estimate of drug-likeness (QED) is 0.365. The molecule has 0 fully saturated rings. The molecule has 2 rings (SSSR count). The van der Waals surface area contributed by atoms with Gasteiger partial charge < -0.3 is 11.5 Å². The maximum atomic E-state index is 6.54. The summed E-state index contributed by atoms with van der Waals surface area (Å²) in [5, 5.41) is 0. The van der Waals surface area contributed by atoms with Crippen LogP contribution in [0.4, 0.5) is 0 Å². The Bertz CT molecular complexity index is 546. The average Bonchev–Trinajstić information content (AvgIpc) is 2.38. The summed E-state index contributed by atoms with van der Waals surface area (Å²) in [4.78, 5) is 0. The topological polar surface area (TPSA) is 52.0 Å². The highest BCUT2D eigenvalue weighted by Crippen LogP contribution is 2.41. The molecule has 0 bridgehead atoms. The van der Waals surface area contributed by atoms with E-state index >= 15 is 0 Å². The van der Waals surface area contributed by atoms with Crippen LogP contribution in [0, 0.1) is 13.8 Å². The van der Waals surface area contributed by atoms with Crippen LogP contribution in [0.5, 0.6) is 0 Å². The summed E-state index contributed by atoms with van der Waals surface area (Å²) in [7, 11) is 0. The van der Waals surface area contributed by atoms with Crippen molar-refractivity contribution in [2.75, 3.05) is 0 Å². The number of hydrogen-bond acceptors (Lipinski definition) is 2. The first kappa shape index (κ1) is 17.2. The van der Waals surface area contributed by atoms with Crippen LogP contribution in [0.25, 0.3) is 0 Å². The molecule has 0 radical (unpaired) electrons. The Hall–Kier alpha value is -0.180. The van der Waals surface area contributed by atoms with Crippen molar-refractivity contribution in [1.29, 1.82) is 0 Å². The minimum atomic E-state index is -0.494. The molecule has 4 heteroatoms. The predicted molar refractivity (Wildman–Crippen MR) is 107 cm³/mol. The first-order valence-electron chi connectivity index (χ1n) is 6.81. The fourth-order valence-corrected chi connectivity index (χ4v) is 4.89. The van der Waals surface area contributed by atoms with Crippen molar-refractivity contribution >= 4 is 45.2 Å². The van der Waals surface area contributed by atoms with E-state index in [4.69, 9.17) is 11.5 Å². The molecule has 4 N–H and O–H groups in total. The van der Waals surface area contributed by atoms with Crippen LogP contribution in [0.1, 0.15) is 28.7 Å². The van der Waals surface area contributed by atoms with Crippen molar-refractivity contribution in [3.8, 4) is 0 Å². The second-order valence-electron chi connectivity index (χ2n) is 5.63. The maximum absolute atomic E-state index is 6.54. The van der Waals surface area contributed by atoms with E-state index in [1.807, 2.05) is 0 Å². The SMILES string of the molecule is Cc1ccc(C(N)(I)CC(N)(I)c2ccc(C)cc2)cc1. The van der Waals surface area contributed by atoms with Crippen LogP contribution >= 0.6 is 45.2 Å². The molecular formula is C17H20I2N2. The minimum absolute atomic E-state index is 0.494. The molecule has 2 atom stereocenters. The standard InChI is InChI=1S/C17H20I2N2/c1-12-3-7-14(8-4-12)16(18,20)11-17(19,21)15-9-5-13(2)6-10-15/h3-10H,11,20-21H2,1-2H3. The lowest BCUT2D eigenvalue weighted by molar-refractivity contribution is 0.518. The fraction of sp³-hybridized carbons (Fsp3) is 0.294. The second-order valence-corrected chi connectivity index (χ2v) is 9.48. The van der Waals surface area contributed by atoms with Gasteiger partial charge in [0.05, 0.1) is 7.09 Å². The van der Waals surface area contributed by atoms with Crippen LogP contribution in [0.15, 0.2) is 48.5 Å². The number of benzene rings is 2. The highest BCUT2D eigenvalue weighted by atomic mass is 127. The van der Waals surface area contributed by atoms with Crippen molar-refractivity contribution in [2.24, 2.45) is 11.5 Å². The van der Waals surface area contributed by atoms with Crippen molar-refractivity contribution < 1.29 is 0 Å². The number of hydrogen-bond donors (Lipinski definition) is 2. The summed E-state index contributed by atoms with van der Waals surface area (Å²) in [6.45, 7) is 4.15. The molecule has 0 aliphatic heterocycles. The highest BCUT2D eigenvalue weighted by molar-refractivity contribution is 14.1. The molecule has 0 saturated carbocycles. The van der Waals surface area contributed by atoms with E-state index in [0.29, 0.717) is 6.42 Å². The minimum Gasteiger partial charge on any atom is -0.313 e. The smallest absolute Gasteiger partial charge is 0.0963 e. The van der Waals surface area contributed by atoms with Gasteiger partial charge in [0.2, 0.25) is 0 Å². The summed E-state index contributed by atoms with van der Waals surface area (Å²) < 4.78 is -0.988. The Morgan fingerprint density at radius 2 is 1.00 bits per heavy atom. The van der Waals surface area contributed by atoms with Gasteiger partial charge in [0.25, 0.3) is 0 Å². The van der Waals surface area contributed by atoms with Crippen LogP contribution in [-0.2, 0) is 7.09 Å². The Morgan fingerprint density at radius 3 is 1.29 bits per heavy atom. The van der Waals surface area contributed by atoms with Crippen molar-refractivity contribution in [1.82, 2.24) is 0 Å². The Balaban J connectivity index is 2.25. The van der Waals surface area contributed by atoms with Gasteiger partial charge in [-0.1, -0.05) is 105 Å². The van der Waals surface area contributed by atoms with Crippen LogP contribution in [-0.4, -0.2) is 0 Å². The summed E-state index contributed by atoms with van der Waals surface area (Å²) in [5.41, 5.74) is 17.8. The van der Waals surface area contributed by atoms with E-state index in [1.54, 1.807) is 0 Å². The maximum Gasteiger partial charge on any atom is 0.0963 e. The van der Waals surface area contributed by atoms with Gasteiger partial charge >= 0.3 is 0 Å². The molecule has 2 unspecified atom stereocenters. The van der Waals surface area contributed by atoms with Crippen LogP contribution < -0.4 is 11.5 Å². The molecule has 2 nitrogen and oxygen atoms in total. The normalized spacial score (nSPS) is 17.0. The first-order valence-corrected chi connectivity index (χ1v) is 8.96. The van der Waals surface area contributed by atoms with Crippen molar-refractivity contribution in [3.05, 3.63) is 70.8 Å². The molecule has 0 heterocycles. The zero-order valence-corrected chi connectivity index (χ0v) is 16.6.